The van der Waals surface area contributed by atoms with E-state index in [4.69, 9.17) is 0 Å². The van der Waals surface area contributed by atoms with E-state index in [1.165, 1.54) is 7.05 Å². The number of hydrogen-bond acceptors (Lipinski definition) is 3. The molecular formula is C17H18F3NO2. The predicted molar refractivity (Wildman–Crippen MR) is 81.6 cm³/mol. The molecule has 1 atom stereocenters. The number of rotatable bonds is 5. The van der Waals surface area contributed by atoms with Gasteiger partial charge in [-0.15, -0.1) is 6.58 Å². The molecule has 0 heterocycles. The lowest BCUT2D eigenvalue weighted by Crippen LogP contribution is -2.63. The predicted octanol–water partition coefficient (Wildman–Crippen LogP) is 3.02. The maximum atomic E-state index is 13.6. The second kappa shape index (κ2) is 7.84. The molecule has 124 valence electrons. The van der Waals surface area contributed by atoms with Gasteiger partial charge in [0, 0.05) is 12.0 Å². The summed E-state index contributed by atoms with van der Waals surface area (Å²) in [7, 11) is 2.11. The van der Waals surface area contributed by atoms with E-state index < -0.39 is 24.1 Å². The molecule has 0 radical (unpaired) electrons. The molecule has 0 fully saturated rings. The average molecular weight is 325 g/mol. The van der Waals surface area contributed by atoms with E-state index in [-0.39, 0.29) is 6.54 Å². The van der Waals surface area contributed by atoms with E-state index in [9.17, 15) is 18.0 Å². The topological polar surface area (TPSA) is 29.5 Å². The van der Waals surface area contributed by atoms with Gasteiger partial charge in [0.2, 0.25) is 5.54 Å². The molecule has 0 aliphatic heterocycles. The first-order chi connectivity index (χ1) is 10.8. The summed E-state index contributed by atoms with van der Waals surface area (Å²) in [4.78, 5) is 12.7. The lowest BCUT2D eigenvalue weighted by Gasteiger charge is -2.38. The summed E-state index contributed by atoms with van der Waals surface area (Å²) in [5.41, 5.74) is -2.12. The van der Waals surface area contributed by atoms with Gasteiger partial charge in [0.25, 0.3) is 0 Å². The van der Waals surface area contributed by atoms with Crippen molar-refractivity contribution >= 4 is 5.97 Å². The number of benzene rings is 1. The first-order valence-corrected chi connectivity index (χ1v) is 6.80. The van der Waals surface area contributed by atoms with Crippen LogP contribution in [-0.4, -0.2) is 43.3 Å². The fourth-order valence-electron chi connectivity index (χ4n) is 2.14. The van der Waals surface area contributed by atoms with Gasteiger partial charge in [-0.3, -0.25) is 4.90 Å². The molecule has 0 aliphatic carbocycles. The van der Waals surface area contributed by atoms with Crippen molar-refractivity contribution in [2.24, 2.45) is 0 Å². The first kappa shape index (κ1) is 18.8. The molecule has 0 spiro atoms. The van der Waals surface area contributed by atoms with E-state index in [0.717, 1.165) is 18.1 Å². The smallest absolute Gasteiger partial charge is 0.417 e. The Morgan fingerprint density at radius 2 is 1.96 bits per heavy atom. The number of methoxy groups -OCH3 is 1. The third-order valence-electron chi connectivity index (χ3n) is 3.41. The minimum atomic E-state index is -4.82. The highest BCUT2D eigenvalue weighted by molar-refractivity contribution is 5.82. The lowest BCUT2D eigenvalue weighted by atomic mass is 9.92. The van der Waals surface area contributed by atoms with Gasteiger partial charge in [0.15, 0.2) is 0 Å². The molecule has 3 nitrogen and oxygen atoms in total. The van der Waals surface area contributed by atoms with Crippen molar-refractivity contribution in [3.8, 4) is 11.8 Å². The zero-order valence-corrected chi connectivity index (χ0v) is 13.0. The third-order valence-corrected chi connectivity index (χ3v) is 3.41. The van der Waals surface area contributed by atoms with Crippen LogP contribution in [0, 0.1) is 11.8 Å². The Morgan fingerprint density at radius 1 is 1.35 bits per heavy atom. The lowest BCUT2D eigenvalue weighted by molar-refractivity contribution is -0.234. The van der Waals surface area contributed by atoms with Crippen LogP contribution >= 0.6 is 0 Å². The first-order valence-electron chi connectivity index (χ1n) is 6.80. The number of likely N-dealkylation sites (N-methyl/N-ethyl adjacent to an activating group) is 1. The van der Waals surface area contributed by atoms with Crippen LogP contribution in [0.1, 0.15) is 12.0 Å². The average Bonchev–Trinajstić information content (AvgIpc) is 2.51. The molecule has 0 N–H and O–H groups in total. The van der Waals surface area contributed by atoms with E-state index in [2.05, 4.69) is 23.2 Å². The standard InChI is InChI=1S/C17H18F3NO2/c1-4-12-16(15(22)23-3,17(18,19)20)21(2)13-8-11-14-9-6-5-7-10-14/h4-7,9-10H,1,12-13H2,2-3H3. The number of alkyl halides is 3. The number of esters is 1. The van der Waals surface area contributed by atoms with Crippen LogP contribution in [0.3, 0.4) is 0 Å². The normalized spacial score (nSPS) is 13.7. The highest BCUT2D eigenvalue weighted by Gasteiger charge is 2.63. The van der Waals surface area contributed by atoms with Gasteiger partial charge in [-0.05, 0) is 19.2 Å². The van der Waals surface area contributed by atoms with Crippen molar-refractivity contribution in [1.29, 1.82) is 0 Å². The van der Waals surface area contributed by atoms with E-state index in [1.807, 2.05) is 6.07 Å². The summed E-state index contributed by atoms with van der Waals surface area (Å²) in [6.45, 7) is 3.06. The molecule has 0 bridgehead atoms. The molecule has 0 saturated carbocycles. The largest absolute Gasteiger partial charge is 0.467 e. The van der Waals surface area contributed by atoms with Crippen molar-refractivity contribution in [3.63, 3.8) is 0 Å². The van der Waals surface area contributed by atoms with Crippen LogP contribution in [0.4, 0.5) is 13.2 Å². The van der Waals surface area contributed by atoms with Crippen LogP contribution < -0.4 is 0 Å². The minimum absolute atomic E-state index is 0.253. The third kappa shape index (κ3) is 4.14. The molecule has 1 aromatic carbocycles. The number of carbonyl (C=O) groups is 1. The monoisotopic (exact) mass is 325 g/mol. The van der Waals surface area contributed by atoms with Crippen LogP contribution in [0.15, 0.2) is 43.0 Å². The van der Waals surface area contributed by atoms with Crippen molar-refractivity contribution in [2.75, 3.05) is 20.7 Å². The van der Waals surface area contributed by atoms with Crippen LogP contribution in [0.2, 0.25) is 0 Å². The van der Waals surface area contributed by atoms with Crippen molar-refractivity contribution < 1.29 is 22.7 Å². The summed E-state index contributed by atoms with van der Waals surface area (Å²) < 4.78 is 45.1. The van der Waals surface area contributed by atoms with Crippen molar-refractivity contribution in [2.45, 2.75) is 18.1 Å². The SMILES string of the molecule is C=CCC(C(=O)OC)(N(C)CC#Cc1ccccc1)C(F)(F)F. The summed E-state index contributed by atoms with van der Waals surface area (Å²) in [6, 6.07) is 8.86. The molecule has 1 rings (SSSR count). The van der Waals surface area contributed by atoms with Crippen LogP contribution in [0.25, 0.3) is 0 Å². The Balaban J connectivity index is 3.09. The Kier molecular flexibility index (Phi) is 6.40. The van der Waals surface area contributed by atoms with Gasteiger partial charge >= 0.3 is 12.1 Å². The van der Waals surface area contributed by atoms with Gasteiger partial charge < -0.3 is 4.74 Å². The number of carbonyl (C=O) groups excluding carboxylic acids is 1. The zero-order chi connectivity index (χ0) is 17.5. The summed E-state index contributed by atoms with van der Waals surface area (Å²) >= 11 is 0. The molecule has 1 unspecified atom stereocenters. The highest BCUT2D eigenvalue weighted by Crippen LogP contribution is 2.39. The van der Waals surface area contributed by atoms with Crippen molar-refractivity contribution in [3.05, 3.63) is 48.6 Å². The Labute approximate surface area is 133 Å². The molecule has 0 aromatic heterocycles. The number of halogens is 3. The number of hydrogen-bond donors (Lipinski definition) is 0. The summed E-state index contributed by atoms with van der Waals surface area (Å²) in [5, 5.41) is 0. The Morgan fingerprint density at radius 3 is 2.43 bits per heavy atom. The van der Waals surface area contributed by atoms with Gasteiger partial charge in [-0.1, -0.05) is 36.1 Å². The summed E-state index contributed by atoms with van der Waals surface area (Å²) in [6.07, 6.45) is -4.39. The Bertz CT molecular complexity index is 602. The minimum Gasteiger partial charge on any atom is -0.467 e. The second-order valence-electron chi connectivity index (χ2n) is 4.87. The molecule has 23 heavy (non-hydrogen) atoms. The van der Waals surface area contributed by atoms with E-state index in [0.29, 0.717) is 5.56 Å². The molecule has 0 amide bonds. The Hall–Kier alpha value is -2.26. The van der Waals surface area contributed by atoms with Gasteiger partial charge in [0.05, 0.1) is 13.7 Å². The maximum absolute atomic E-state index is 13.6. The van der Waals surface area contributed by atoms with Crippen molar-refractivity contribution in [1.82, 2.24) is 4.90 Å². The maximum Gasteiger partial charge on any atom is 0.417 e. The fraction of sp³-hybridized carbons (Fsp3) is 0.353. The van der Waals surface area contributed by atoms with Gasteiger partial charge in [-0.25, -0.2) is 4.79 Å². The number of nitrogens with zero attached hydrogens (tertiary/aromatic N) is 1. The molecular weight excluding hydrogens is 307 g/mol. The van der Waals surface area contributed by atoms with Crippen LogP contribution in [-0.2, 0) is 9.53 Å². The quantitative estimate of drug-likeness (QED) is 0.473. The number of ether oxygens (including phenoxy) is 1. The van der Waals surface area contributed by atoms with Gasteiger partial charge in [-0.2, -0.15) is 13.2 Å². The fourth-order valence-corrected chi connectivity index (χ4v) is 2.14. The zero-order valence-electron chi connectivity index (χ0n) is 13.0. The second-order valence-corrected chi connectivity index (χ2v) is 4.87. The van der Waals surface area contributed by atoms with E-state index in [1.54, 1.807) is 24.3 Å². The molecule has 6 heteroatoms. The van der Waals surface area contributed by atoms with Gasteiger partial charge in [0.1, 0.15) is 0 Å². The molecule has 0 saturated heterocycles. The highest BCUT2D eigenvalue weighted by atomic mass is 19.4. The van der Waals surface area contributed by atoms with Crippen LogP contribution in [0.5, 0.6) is 0 Å². The van der Waals surface area contributed by atoms with E-state index >= 15 is 0 Å². The molecule has 0 aliphatic rings. The molecule has 1 aromatic rings. The summed E-state index contributed by atoms with van der Waals surface area (Å²) in [5.74, 6) is 4.03.